The van der Waals surface area contributed by atoms with Crippen LogP contribution in [0, 0.1) is 0 Å². The monoisotopic (exact) mass is 228 g/mol. The van der Waals surface area contributed by atoms with Crippen LogP contribution < -0.4 is 0 Å². The number of carbonyl (C=O) groups excluding carboxylic acids is 2. The van der Waals surface area contributed by atoms with E-state index < -0.39 is 0 Å². The largest absolute Gasteiger partial charge is 0.295 e. The van der Waals surface area contributed by atoms with Gasteiger partial charge in [-0.05, 0) is 31.1 Å². The lowest BCUT2D eigenvalue weighted by atomic mass is 9.74. The van der Waals surface area contributed by atoms with Gasteiger partial charge < -0.3 is 0 Å². The molecule has 2 nitrogen and oxygen atoms in total. The van der Waals surface area contributed by atoms with E-state index in [2.05, 4.69) is 6.92 Å². The smallest absolute Gasteiger partial charge is 0.159 e. The van der Waals surface area contributed by atoms with Gasteiger partial charge in [-0.3, -0.25) is 9.59 Å². The van der Waals surface area contributed by atoms with Crippen LogP contribution in [-0.4, -0.2) is 11.6 Å². The molecule has 1 aromatic rings. The van der Waals surface area contributed by atoms with Crippen LogP contribution in [0.2, 0.25) is 0 Å². The molecule has 1 aliphatic carbocycles. The Hall–Kier alpha value is -1.70. The molecule has 2 rings (SSSR count). The summed E-state index contributed by atoms with van der Waals surface area (Å²) in [7, 11) is 0. The van der Waals surface area contributed by atoms with Gasteiger partial charge in [0.2, 0.25) is 0 Å². The zero-order valence-corrected chi connectivity index (χ0v) is 10.2. The maximum absolute atomic E-state index is 11.4. The normalized spacial score (nSPS) is 23.8. The molecule has 0 aliphatic heterocycles. The van der Waals surface area contributed by atoms with Crippen molar-refractivity contribution in [1.82, 2.24) is 0 Å². The van der Waals surface area contributed by atoms with E-state index in [-0.39, 0.29) is 17.0 Å². The molecule has 1 unspecified atom stereocenters. The van der Waals surface area contributed by atoms with Gasteiger partial charge in [0.15, 0.2) is 11.6 Å². The van der Waals surface area contributed by atoms with Crippen molar-refractivity contribution in [2.45, 2.75) is 32.1 Å². The molecule has 0 amide bonds. The van der Waals surface area contributed by atoms with Crippen LogP contribution in [0.5, 0.6) is 0 Å². The highest BCUT2D eigenvalue weighted by molar-refractivity contribution is 5.94. The first-order chi connectivity index (χ1) is 8.01. The Morgan fingerprint density at radius 1 is 1.35 bits per heavy atom. The average molecular weight is 228 g/mol. The summed E-state index contributed by atoms with van der Waals surface area (Å²) in [6.07, 6.45) is 5.00. The second-order valence-electron chi connectivity index (χ2n) is 4.85. The highest BCUT2D eigenvalue weighted by Crippen LogP contribution is 2.33. The molecule has 0 radical (unpaired) electrons. The third-order valence-corrected chi connectivity index (χ3v) is 3.46. The molecule has 0 heterocycles. The van der Waals surface area contributed by atoms with E-state index in [4.69, 9.17) is 0 Å². The van der Waals surface area contributed by atoms with Gasteiger partial charge in [-0.1, -0.05) is 31.2 Å². The molecule has 0 fully saturated rings. The fourth-order valence-electron chi connectivity index (χ4n) is 2.16. The van der Waals surface area contributed by atoms with Gasteiger partial charge in [0.25, 0.3) is 0 Å². The fraction of sp³-hybridized carbons (Fsp3) is 0.333. The van der Waals surface area contributed by atoms with Gasteiger partial charge in [0.05, 0.1) is 0 Å². The number of Topliss-reactive ketones (excluding diaryl/α,β-unsaturated/α-hetero) is 1. The fourth-order valence-corrected chi connectivity index (χ4v) is 2.16. The lowest BCUT2D eigenvalue weighted by Gasteiger charge is -2.29. The Labute approximate surface area is 101 Å². The SMILES string of the molecule is CC(=O)c1cccc(C2(C)C=CC(=O)CC2)c1. The first kappa shape index (κ1) is 11.8. The lowest BCUT2D eigenvalue weighted by molar-refractivity contribution is -0.115. The Kier molecular flexibility index (Phi) is 2.97. The lowest BCUT2D eigenvalue weighted by Crippen LogP contribution is -2.24. The Balaban J connectivity index is 2.40. The maximum Gasteiger partial charge on any atom is 0.159 e. The molecule has 1 atom stereocenters. The molecular weight excluding hydrogens is 212 g/mol. The molecule has 17 heavy (non-hydrogen) atoms. The van der Waals surface area contributed by atoms with Crippen molar-refractivity contribution in [2.24, 2.45) is 0 Å². The average Bonchev–Trinajstić information content (AvgIpc) is 2.33. The molecule has 1 aliphatic rings. The van der Waals surface area contributed by atoms with Crippen molar-refractivity contribution in [2.75, 3.05) is 0 Å². The van der Waals surface area contributed by atoms with Crippen molar-refractivity contribution >= 4 is 11.6 Å². The first-order valence-corrected chi connectivity index (χ1v) is 5.85. The van der Waals surface area contributed by atoms with Gasteiger partial charge >= 0.3 is 0 Å². The number of carbonyl (C=O) groups is 2. The van der Waals surface area contributed by atoms with E-state index in [0.29, 0.717) is 6.42 Å². The number of benzene rings is 1. The topological polar surface area (TPSA) is 34.1 Å². The number of hydrogen-bond donors (Lipinski definition) is 0. The van der Waals surface area contributed by atoms with Crippen LogP contribution >= 0.6 is 0 Å². The van der Waals surface area contributed by atoms with E-state index in [1.807, 2.05) is 30.3 Å². The summed E-state index contributed by atoms with van der Waals surface area (Å²) in [5.74, 6) is 0.261. The standard InChI is InChI=1S/C15H16O2/c1-11(16)12-4-3-5-13(10-12)15(2)8-6-14(17)7-9-15/h3-6,8,10H,7,9H2,1-2H3. The molecule has 2 heteroatoms. The van der Waals surface area contributed by atoms with Crippen LogP contribution in [0.1, 0.15) is 42.6 Å². The van der Waals surface area contributed by atoms with E-state index >= 15 is 0 Å². The first-order valence-electron chi connectivity index (χ1n) is 5.85. The highest BCUT2D eigenvalue weighted by atomic mass is 16.1. The second kappa shape index (κ2) is 4.28. The summed E-state index contributed by atoms with van der Waals surface area (Å²) in [5.41, 5.74) is 1.71. The predicted molar refractivity (Wildman–Crippen MR) is 67.2 cm³/mol. The maximum atomic E-state index is 11.4. The summed E-state index contributed by atoms with van der Waals surface area (Å²) in [6, 6.07) is 7.68. The van der Waals surface area contributed by atoms with E-state index in [9.17, 15) is 9.59 Å². The quantitative estimate of drug-likeness (QED) is 0.729. The van der Waals surface area contributed by atoms with Crippen molar-refractivity contribution in [1.29, 1.82) is 0 Å². The minimum atomic E-state index is -0.126. The van der Waals surface area contributed by atoms with Gasteiger partial charge in [-0.2, -0.15) is 0 Å². The molecule has 88 valence electrons. The molecule has 0 N–H and O–H groups in total. The van der Waals surface area contributed by atoms with Crippen LogP contribution in [-0.2, 0) is 10.2 Å². The van der Waals surface area contributed by atoms with Gasteiger partial charge in [0.1, 0.15) is 0 Å². The molecule has 0 aromatic heterocycles. The van der Waals surface area contributed by atoms with Crippen LogP contribution in [0.15, 0.2) is 36.4 Å². The zero-order valence-electron chi connectivity index (χ0n) is 10.2. The third kappa shape index (κ3) is 2.36. The summed E-state index contributed by atoms with van der Waals surface area (Å²) >= 11 is 0. The summed E-state index contributed by atoms with van der Waals surface area (Å²) in [4.78, 5) is 22.6. The minimum Gasteiger partial charge on any atom is -0.295 e. The summed E-state index contributed by atoms with van der Waals surface area (Å²) < 4.78 is 0. The van der Waals surface area contributed by atoms with Crippen LogP contribution in [0.3, 0.4) is 0 Å². The van der Waals surface area contributed by atoms with E-state index in [1.54, 1.807) is 13.0 Å². The summed E-state index contributed by atoms with van der Waals surface area (Å²) in [5, 5.41) is 0. The van der Waals surface area contributed by atoms with Gasteiger partial charge in [-0.25, -0.2) is 0 Å². The second-order valence-corrected chi connectivity index (χ2v) is 4.85. The van der Waals surface area contributed by atoms with Gasteiger partial charge in [0, 0.05) is 17.4 Å². The van der Waals surface area contributed by atoms with Crippen molar-refractivity contribution in [3.05, 3.63) is 47.5 Å². The number of hydrogen-bond acceptors (Lipinski definition) is 2. The third-order valence-electron chi connectivity index (χ3n) is 3.46. The van der Waals surface area contributed by atoms with Crippen molar-refractivity contribution < 1.29 is 9.59 Å². The van der Waals surface area contributed by atoms with Gasteiger partial charge in [-0.15, -0.1) is 0 Å². The number of allylic oxidation sites excluding steroid dienone is 2. The molecule has 0 saturated heterocycles. The highest BCUT2D eigenvalue weighted by Gasteiger charge is 2.27. The zero-order chi connectivity index (χ0) is 12.5. The number of rotatable bonds is 2. The number of ketones is 2. The molecule has 1 aromatic carbocycles. The van der Waals surface area contributed by atoms with Crippen LogP contribution in [0.25, 0.3) is 0 Å². The molecule has 0 spiro atoms. The van der Waals surface area contributed by atoms with Crippen molar-refractivity contribution in [3.8, 4) is 0 Å². The van der Waals surface area contributed by atoms with Crippen LogP contribution in [0.4, 0.5) is 0 Å². The molecular formula is C15H16O2. The molecule has 0 saturated carbocycles. The summed E-state index contributed by atoms with van der Waals surface area (Å²) in [6.45, 7) is 3.68. The van der Waals surface area contributed by atoms with E-state index in [0.717, 1.165) is 17.5 Å². The minimum absolute atomic E-state index is 0.0753. The van der Waals surface area contributed by atoms with E-state index in [1.165, 1.54) is 0 Å². The molecule has 0 bridgehead atoms. The Morgan fingerprint density at radius 3 is 2.71 bits per heavy atom. The van der Waals surface area contributed by atoms with Crippen molar-refractivity contribution in [3.63, 3.8) is 0 Å². The Bertz CT molecular complexity index is 499. The Morgan fingerprint density at radius 2 is 2.12 bits per heavy atom. The predicted octanol–water partition coefficient (Wildman–Crippen LogP) is 3.07.